The summed E-state index contributed by atoms with van der Waals surface area (Å²) in [5.41, 5.74) is -1.92. The van der Waals surface area contributed by atoms with Gasteiger partial charge in [-0.1, -0.05) is 24.3 Å². The summed E-state index contributed by atoms with van der Waals surface area (Å²) in [4.78, 5) is 37.8. The lowest BCUT2D eigenvalue weighted by molar-refractivity contribution is -0.153. The number of carbonyl (C=O) groups is 1. The van der Waals surface area contributed by atoms with Gasteiger partial charge in [0.25, 0.3) is 5.56 Å². The zero-order valence-electron chi connectivity index (χ0n) is 20.8. The lowest BCUT2D eigenvalue weighted by Gasteiger charge is -2.25. The minimum Gasteiger partial charge on any atom is -0.463 e. The van der Waals surface area contributed by atoms with Crippen molar-refractivity contribution in [3.8, 4) is 5.75 Å². The maximum absolute atomic E-state index is 13.7. The molecule has 0 bridgehead atoms. The lowest BCUT2D eigenvalue weighted by atomic mass is 9.97. The van der Waals surface area contributed by atoms with E-state index in [0.29, 0.717) is 0 Å². The normalized spacial score (nSPS) is 22.1. The first-order valence-electron chi connectivity index (χ1n) is 11.6. The number of aromatic nitrogens is 2. The van der Waals surface area contributed by atoms with Crippen LogP contribution in [0.4, 0.5) is 0 Å². The van der Waals surface area contributed by atoms with Crippen molar-refractivity contribution in [2.24, 2.45) is 5.41 Å². The average molecular weight is 556 g/mol. The third kappa shape index (κ3) is 8.15. The molecule has 0 spiro atoms. The molecule has 5 atom stereocenters. The number of carbonyl (C=O) groups excluding carboxylic acids is 1. The first kappa shape index (κ1) is 28.9. The Morgan fingerprint density at radius 1 is 1.32 bits per heavy atom. The van der Waals surface area contributed by atoms with Gasteiger partial charge < -0.3 is 14.0 Å². The Balaban J connectivity index is 1.71. The number of esters is 1. The van der Waals surface area contributed by atoms with Crippen molar-refractivity contribution in [3.05, 3.63) is 76.1 Å². The number of halogens is 1. The summed E-state index contributed by atoms with van der Waals surface area (Å²) in [5, 5.41) is 2.15. The van der Waals surface area contributed by atoms with E-state index in [4.69, 9.17) is 30.1 Å². The number of H-pyrrole nitrogens is 1. The van der Waals surface area contributed by atoms with Crippen molar-refractivity contribution in [3.63, 3.8) is 0 Å². The number of nitrogens with zero attached hydrogens (tertiary/aromatic N) is 1. The van der Waals surface area contributed by atoms with E-state index in [1.807, 2.05) is 0 Å². The van der Waals surface area contributed by atoms with Gasteiger partial charge in [0.2, 0.25) is 0 Å². The van der Waals surface area contributed by atoms with E-state index < -0.39 is 54.1 Å². The predicted octanol–water partition coefficient (Wildman–Crippen LogP) is 3.37. The second kappa shape index (κ2) is 12.2. The largest absolute Gasteiger partial charge is 0.463 e. The van der Waals surface area contributed by atoms with Gasteiger partial charge in [-0.2, -0.15) is 0 Å². The summed E-state index contributed by atoms with van der Waals surface area (Å²) in [6.07, 6.45) is 1.50. The lowest BCUT2D eigenvalue weighted by Crippen LogP contribution is -2.35. The van der Waals surface area contributed by atoms with Crippen LogP contribution in [0.2, 0.25) is 0 Å². The van der Waals surface area contributed by atoms with Gasteiger partial charge in [0, 0.05) is 12.3 Å². The molecule has 1 aliphatic heterocycles. The van der Waals surface area contributed by atoms with E-state index in [-0.39, 0.29) is 25.4 Å². The molecule has 11 nitrogen and oxygen atoms in total. The molecular weight excluding hydrogens is 525 g/mol. The molecule has 2 N–H and O–H groups in total. The van der Waals surface area contributed by atoms with Crippen LogP contribution >= 0.6 is 19.3 Å². The smallest absolute Gasteiger partial charge is 0.459 e. The van der Waals surface area contributed by atoms with E-state index in [9.17, 15) is 18.9 Å². The highest BCUT2D eigenvalue weighted by molar-refractivity contribution is 7.52. The Hall–Kier alpha value is -2.69. The number of nitrogens with one attached hydrogen (secondary N) is 2. The highest BCUT2D eigenvalue weighted by atomic mass is 35.5. The Morgan fingerprint density at radius 2 is 2.03 bits per heavy atom. The van der Waals surface area contributed by atoms with Gasteiger partial charge in [0.05, 0.1) is 29.5 Å². The van der Waals surface area contributed by atoms with Gasteiger partial charge in [0.1, 0.15) is 12.4 Å². The van der Waals surface area contributed by atoms with E-state index in [1.54, 1.807) is 51.1 Å². The van der Waals surface area contributed by atoms with Crippen LogP contribution in [0.3, 0.4) is 0 Å². The summed E-state index contributed by atoms with van der Waals surface area (Å²) in [6.45, 7) is 8.53. The fourth-order valence-electron chi connectivity index (χ4n) is 3.31. The summed E-state index contributed by atoms with van der Waals surface area (Å²) in [5.74, 6) is -0.148. The van der Waals surface area contributed by atoms with Crippen LogP contribution < -0.4 is 20.9 Å². The molecule has 1 aromatic heterocycles. The second-order valence-corrected chi connectivity index (χ2v) is 11.7. The predicted molar refractivity (Wildman–Crippen MR) is 138 cm³/mol. The minimum atomic E-state index is -4.05. The quantitative estimate of drug-likeness (QED) is 0.185. The molecule has 0 saturated carbocycles. The van der Waals surface area contributed by atoms with Crippen molar-refractivity contribution >= 4 is 25.3 Å². The first-order chi connectivity index (χ1) is 17.4. The van der Waals surface area contributed by atoms with Crippen LogP contribution in [0.15, 0.2) is 64.8 Å². The number of benzene rings is 1. The van der Waals surface area contributed by atoms with Crippen LogP contribution in [0.25, 0.3) is 0 Å². The van der Waals surface area contributed by atoms with Gasteiger partial charge in [-0.25, -0.2) is 14.4 Å². The van der Waals surface area contributed by atoms with Gasteiger partial charge in [0.15, 0.2) is 6.23 Å². The molecule has 1 unspecified atom stereocenters. The second-order valence-electron chi connectivity index (χ2n) is 9.44. The van der Waals surface area contributed by atoms with Crippen molar-refractivity contribution < 1.29 is 27.9 Å². The van der Waals surface area contributed by atoms with Gasteiger partial charge in [-0.3, -0.25) is 23.7 Å². The van der Waals surface area contributed by atoms with Gasteiger partial charge in [-0.15, -0.1) is 18.2 Å². The molecule has 202 valence electrons. The van der Waals surface area contributed by atoms with E-state index >= 15 is 0 Å². The summed E-state index contributed by atoms with van der Waals surface area (Å²) in [7, 11) is -4.05. The molecule has 1 fully saturated rings. The first-order valence-corrected chi connectivity index (χ1v) is 13.6. The zero-order chi connectivity index (χ0) is 27.2. The van der Waals surface area contributed by atoms with Crippen molar-refractivity contribution in [2.45, 2.75) is 50.9 Å². The summed E-state index contributed by atoms with van der Waals surface area (Å²) >= 11 is 6.40. The highest BCUT2D eigenvalue weighted by Gasteiger charge is 2.39. The van der Waals surface area contributed by atoms with Crippen LogP contribution in [-0.2, 0) is 23.4 Å². The molecule has 0 amide bonds. The van der Waals surface area contributed by atoms with E-state index in [0.717, 1.165) is 0 Å². The Labute approximate surface area is 219 Å². The number of hydrogen-bond acceptors (Lipinski definition) is 8. The molecule has 1 aliphatic rings. The number of para-hydroxylation sites is 1. The standard InChI is InChI=1S/C24H31ClN3O8P/c1-5-16(14-33-22(30)24(2,3)4)27-37(32,36-17-9-7-6-8-10-17)34-15-18-13-19(25)21(35-18)28-12-11-20(29)26-23(28)31/h5-12,16,18-19,21H,1,13-15H2,2-4H3,(H,27,32)(H,26,29,31)/t16-,18-,19-,21+,37?/m0/s1. The number of hydrogen-bond donors (Lipinski definition) is 2. The molecular formula is C24H31ClN3O8P. The molecule has 0 radical (unpaired) electrons. The van der Waals surface area contributed by atoms with Crippen LogP contribution in [0.1, 0.15) is 33.4 Å². The van der Waals surface area contributed by atoms with E-state index in [1.165, 1.54) is 22.9 Å². The summed E-state index contributed by atoms with van der Waals surface area (Å²) in [6, 6.07) is 8.85. The molecule has 2 aromatic rings. The highest BCUT2D eigenvalue weighted by Crippen LogP contribution is 2.46. The third-order valence-corrected chi connectivity index (χ3v) is 7.25. The van der Waals surface area contributed by atoms with Crippen molar-refractivity contribution in [2.75, 3.05) is 13.2 Å². The van der Waals surface area contributed by atoms with Gasteiger partial charge >= 0.3 is 19.4 Å². The SMILES string of the molecule is C=C[C@@H](COC(=O)C(C)(C)C)NP(=O)(OC[C@@H]1C[C@H](Cl)[C@H](n2ccc(=O)[nH]c2=O)O1)Oc1ccccc1. The molecule has 13 heteroatoms. The molecule has 1 aromatic carbocycles. The van der Waals surface area contributed by atoms with Crippen LogP contribution in [0, 0.1) is 5.41 Å². The topological polar surface area (TPSA) is 138 Å². The molecule has 0 aliphatic carbocycles. The third-order valence-electron chi connectivity index (χ3n) is 5.27. The average Bonchev–Trinajstić information content (AvgIpc) is 3.20. The number of ether oxygens (including phenoxy) is 2. The number of aromatic amines is 1. The van der Waals surface area contributed by atoms with Crippen molar-refractivity contribution in [1.29, 1.82) is 0 Å². The molecule has 2 heterocycles. The maximum Gasteiger partial charge on any atom is 0.459 e. The van der Waals surface area contributed by atoms with Crippen LogP contribution in [0.5, 0.6) is 5.75 Å². The number of alkyl halides is 1. The molecule has 3 rings (SSSR count). The molecule has 1 saturated heterocycles. The van der Waals surface area contributed by atoms with E-state index in [2.05, 4.69) is 16.7 Å². The fraction of sp³-hybridized carbons (Fsp3) is 0.458. The Bertz CT molecular complexity index is 1240. The fourth-order valence-corrected chi connectivity index (χ4v) is 5.22. The monoisotopic (exact) mass is 555 g/mol. The maximum atomic E-state index is 13.7. The Morgan fingerprint density at radius 3 is 2.65 bits per heavy atom. The Kier molecular flexibility index (Phi) is 9.55. The zero-order valence-corrected chi connectivity index (χ0v) is 22.4. The van der Waals surface area contributed by atoms with Crippen LogP contribution in [-0.4, -0.2) is 46.3 Å². The molecule has 37 heavy (non-hydrogen) atoms. The van der Waals surface area contributed by atoms with Crippen molar-refractivity contribution in [1.82, 2.24) is 14.6 Å². The number of rotatable bonds is 11. The summed E-state index contributed by atoms with van der Waals surface area (Å²) < 4.78 is 37.5. The minimum absolute atomic E-state index is 0.147. The van der Waals surface area contributed by atoms with Gasteiger partial charge in [-0.05, 0) is 39.3 Å².